The molecule has 188 valence electrons. The predicted molar refractivity (Wildman–Crippen MR) is 123 cm³/mol. The van der Waals surface area contributed by atoms with Gasteiger partial charge in [-0.3, -0.25) is 9.59 Å². The van der Waals surface area contributed by atoms with Crippen molar-refractivity contribution in [3.63, 3.8) is 0 Å². The smallest absolute Gasteiger partial charge is 0.433 e. The fourth-order valence-electron chi connectivity index (χ4n) is 3.59. The van der Waals surface area contributed by atoms with E-state index in [2.05, 4.69) is 20.3 Å². The molecule has 1 fully saturated rings. The van der Waals surface area contributed by atoms with Gasteiger partial charge in [-0.05, 0) is 43.2 Å². The summed E-state index contributed by atoms with van der Waals surface area (Å²) in [6.45, 7) is 0.0503. The van der Waals surface area contributed by atoms with Gasteiger partial charge in [0.15, 0.2) is 6.61 Å². The van der Waals surface area contributed by atoms with Crippen molar-refractivity contribution in [2.45, 2.75) is 44.8 Å². The van der Waals surface area contributed by atoms with Crippen LogP contribution in [-0.4, -0.2) is 33.4 Å². The minimum absolute atomic E-state index is 0.0572. The monoisotopic (exact) mass is 511 g/mol. The third-order valence-electron chi connectivity index (χ3n) is 5.31. The number of carbonyl (C=O) groups excluding carboxylic acids is 2. The predicted octanol–water partition coefficient (Wildman–Crippen LogP) is 4.38. The highest BCUT2D eigenvalue weighted by Gasteiger charge is 2.32. The standard InChI is InChI=1S/C15H18ClN3O.C8H7F3N2O2/c16-11-6-7-12-13(8-11)19-14(18-12)9-17-15(20)10-4-2-1-3-5-10;9-8(10,11)6-2-1-5(3-13-6)15-4-7(12)14/h6-8,10H,1-5,9H2,(H,17,20)(H,18,19);1-3H,4H2,(H2,12,14). The molecule has 3 aromatic rings. The number of primary amides is 1. The van der Waals surface area contributed by atoms with Gasteiger partial charge in [-0.2, -0.15) is 13.2 Å². The zero-order valence-electron chi connectivity index (χ0n) is 18.7. The van der Waals surface area contributed by atoms with Gasteiger partial charge in [0.1, 0.15) is 17.3 Å². The first kappa shape index (κ1) is 26.3. The molecule has 8 nitrogen and oxygen atoms in total. The van der Waals surface area contributed by atoms with Crippen molar-refractivity contribution >= 4 is 34.4 Å². The van der Waals surface area contributed by atoms with E-state index in [4.69, 9.17) is 22.1 Å². The number of halogens is 4. The molecule has 12 heteroatoms. The lowest BCUT2D eigenvalue weighted by molar-refractivity contribution is -0.141. The quantitative estimate of drug-likeness (QED) is 0.453. The van der Waals surface area contributed by atoms with E-state index in [1.807, 2.05) is 18.2 Å². The number of hydrogen-bond donors (Lipinski definition) is 3. The van der Waals surface area contributed by atoms with Gasteiger partial charge in [0, 0.05) is 10.9 Å². The van der Waals surface area contributed by atoms with E-state index in [1.165, 1.54) is 19.3 Å². The molecule has 2 amide bonds. The van der Waals surface area contributed by atoms with E-state index in [0.717, 1.165) is 48.0 Å². The minimum atomic E-state index is -4.48. The number of amides is 2. The number of rotatable bonds is 6. The lowest BCUT2D eigenvalue weighted by atomic mass is 9.89. The number of benzene rings is 1. The Labute approximate surface area is 204 Å². The Bertz CT molecular complexity index is 1150. The van der Waals surface area contributed by atoms with Crippen LogP contribution in [0.1, 0.15) is 43.6 Å². The first-order valence-electron chi connectivity index (χ1n) is 11.0. The van der Waals surface area contributed by atoms with Crippen LogP contribution in [0.5, 0.6) is 5.75 Å². The maximum Gasteiger partial charge on any atom is 0.433 e. The van der Waals surface area contributed by atoms with Crippen molar-refractivity contribution in [2.24, 2.45) is 11.7 Å². The van der Waals surface area contributed by atoms with Crippen LogP contribution in [0.4, 0.5) is 13.2 Å². The number of alkyl halides is 3. The van der Waals surface area contributed by atoms with Crippen molar-refractivity contribution in [3.05, 3.63) is 53.1 Å². The molecular weight excluding hydrogens is 487 g/mol. The summed E-state index contributed by atoms with van der Waals surface area (Å²) in [5.41, 5.74) is 5.53. The molecule has 0 spiro atoms. The van der Waals surface area contributed by atoms with Gasteiger partial charge < -0.3 is 20.8 Å². The highest BCUT2D eigenvalue weighted by atomic mass is 35.5. The number of aromatic amines is 1. The summed E-state index contributed by atoms with van der Waals surface area (Å²) in [7, 11) is 0. The molecule has 1 aliphatic carbocycles. The Morgan fingerprint density at radius 3 is 2.54 bits per heavy atom. The van der Waals surface area contributed by atoms with Crippen molar-refractivity contribution in [2.75, 3.05) is 6.61 Å². The summed E-state index contributed by atoms with van der Waals surface area (Å²) in [6.07, 6.45) is 2.02. The van der Waals surface area contributed by atoms with Crippen molar-refractivity contribution in [1.82, 2.24) is 20.3 Å². The van der Waals surface area contributed by atoms with E-state index < -0.39 is 24.4 Å². The fourth-order valence-corrected chi connectivity index (χ4v) is 3.76. The van der Waals surface area contributed by atoms with Crippen molar-refractivity contribution in [1.29, 1.82) is 0 Å². The largest absolute Gasteiger partial charge is 0.482 e. The molecule has 0 unspecified atom stereocenters. The molecule has 0 aliphatic heterocycles. The van der Waals surface area contributed by atoms with Gasteiger partial charge in [0.25, 0.3) is 5.91 Å². The number of pyridine rings is 1. The number of nitrogens with zero attached hydrogens (tertiary/aromatic N) is 2. The number of hydrogen-bond acceptors (Lipinski definition) is 5. The van der Waals surface area contributed by atoms with Crippen LogP contribution in [-0.2, 0) is 22.3 Å². The Morgan fingerprint density at radius 2 is 1.91 bits per heavy atom. The van der Waals surface area contributed by atoms with Crippen molar-refractivity contribution < 1.29 is 27.5 Å². The maximum absolute atomic E-state index is 12.1. The molecule has 1 aliphatic rings. The van der Waals surface area contributed by atoms with Crippen LogP contribution >= 0.6 is 11.6 Å². The molecule has 0 radical (unpaired) electrons. The van der Waals surface area contributed by atoms with Crippen LogP contribution in [0.25, 0.3) is 11.0 Å². The second kappa shape index (κ2) is 11.9. The number of imidazole rings is 1. The van der Waals surface area contributed by atoms with E-state index >= 15 is 0 Å². The summed E-state index contributed by atoms with van der Waals surface area (Å²) in [6, 6.07) is 7.36. The number of aromatic nitrogens is 3. The molecule has 1 saturated carbocycles. The highest BCUT2D eigenvalue weighted by molar-refractivity contribution is 6.31. The van der Waals surface area contributed by atoms with Crippen LogP contribution < -0.4 is 15.8 Å². The third kappa shape index (κ3) is 8.13. The average molecular weight is 512 g/mol. The van der Waals surface area contributed by atoms with E-state index in [1.54, 1.807) is 0 Å². The molecule has 4 rings (SSSR count). The number of H-pyrrole nitrogens is 1. The molecule has 4 N–H and O–H groups in total. The fraction of sp³-hybridized carbons (Fsp3) is 0.391. The van der Waals surface area contributed by atoms with E-state index in [9.17, 15) is 22.8 Å². The first-order chi connectivity index (χ1) is 16.6. The number of nitrogens with two attached hydrogens (primary N) is 1. The topological polar surface area (TPSA) is 123 Å². The van der Waals surface area contributed by atoms with Gasteiger partial charge in [-0.25, -0.2) is 9.97 Å². The molecular formula is C23H25ClF3N5O3. The summed E-state index contributed by atoms with van der Waals surface area (Å²) >= 11 is 5.94. The van der Waals surface area contributed by atoms with Gasteiger partial charge in [0.05, 0.1) is 23.8 Å². The molecule has 2 heterocycles. The Balaban J connectivity index is 0.000000205. The second-order valence-electron chi connectivity index (χ2n) is 8.03. The summed E-state index contributed by atoms with van der Waals surface area (Å²) in [5.74, 6) is 0.453. The summed E-state index contributed by atoms with van der Waals surface area (Å²) in [5, 5.41) is 3.66. The van der Waals surface area contributed by atoms with E-state index in [0.29, 0.717) is 11.6 Å². The summed E-state index contributed by atoms with van der Waals surface area (Å²) in [4.78, 5) is 33.1. The first-order valence-corrected chi connectivity index (χ1v) is 11.4. The maximum atomic E-state index is 12.1. The lowest BCUT2D eigenvalue weighted by Gasteiger charge is -2.20. The molecule has 2 aromatic heterocycles. The van der Waals surface area contributed by atoms with Crippen LogP contribution in [0.2, 0.25) is 5.02 Å². The second-order valence-corrected chi connectivity index (χ2v) is 8.47. The summed E-state index contributed by atoms with van der Waals surface area (Å²) < 4.78 is 40.9. The zero-order valence-corrected chi connectivity index (χ0v) is 19.5. The Kier molecular flexibility index (Phi) is 8.91. The number of fused-ring (bicyclic) bond motifs is 1. The number of ether oxygens (including phenoxy) is 1. The number of nitrogens with one attached hydrogen (secondary N) is 2. The van der Waals surface area contributed by atoms with E-state index in [-0.39, 0.29) is 17.6 Å². The van der Waals surface area contributed by atoms with Crippen LogP contribution in [0.3, 0.4) is 0 Å². The third-order valence-corrected chi connectivity index (χ3v) is 5.54. The van der Waals surface area contributed by atoms with Gasteiger partial charge in [0.2, 0.25) is 5.91 Å². The lowest BCUT2D eigenvalue weighted by Crippen LogP contribution is -2.31. The molecule has 0 atom stereocenters. The molecule has 0 bridgehead atoms. The van der Waals surface area contributed by atoms with Gasteiger partial charge in [-0.15, -0.1) is 0 Å². The number of carbonyl (C=O) groups is 2. The molecule has 35 heavy (non-hydrogen) atoms. The minimum Gasteiger partial charge on any atom is -0.482 e. The normalized spacial score (nSPS) is 14.2. The molecule has 1 aromatic carbocycles. The average Bonchev–Trinajstić information content (AvgIpc) is 3.24. The SMILES string of the molecule is NC(=O)COc1ccc(C(F)(F)F)nc1.O=C(NCc1nc2ccc(Cl)cc2[nH]1)C1CCCCC1. The zero-order chi connectivity index (χ0) is 25.4. The van der Waals surface area contributed by atoms with Crippen LogP contribution in [0.15, 0.2) is 36.5 Å². The van der Waals surface area contributed by atoms with Crippen LogP contribution in [0, 0.1) is 5.92 Å². The molecule has 0 saturated heterocycles. The van der Waals surface area contributed by atoms with Gasteiger partial charge in [-0.1, -0.05) is 30.9 Å². The van der Waals surface area contributed by atoms with Crippen molar-refractivity contribution in [3.8, 4) is 5.75 Å². The Hall–Kier alpha value is -3.34. The van der Waals surface area contributed by atoms with Gasteiger partial charge >= 0.3 is 6.18 Å². The Morgan fingerprint density at radius 1 is 1.17 bits per heavy atom. The highest BCUT2D eigenvalue weighted by Crippen LogP contribution is 2.28.